The number of benzene rings is 1. The second-order valence-corrected chi connectivity index (χ2v) is 5.76. The van der Waals surface area contributed by atoms with Gasteiger partial charge in [0.1, 0.15) is 11.3 Å². The molecule has 0 saturated heterocycles. The molecule has 8 heteroatoms. The average molecular weight is 491 g/mol. The molecule has 0 bridgehead atoms. The standard InChI is InChI=1S/C18H23ClN4O2.HI/c1-13(25-16-7-5-4-6-15(16)24-3)10-22-18(20-2)23-12-14-8-9-17(19)21-11-14;/h4-9,11,13H,10,12H2,1-3H3,(H2,20,22,23);1H. The first-order valence-electron chi connectivity index (χ1n) is 7.97. The van der Waals surface area contributed by atoms with Gasteiger partial charge in [0.25, 0.3) is 0 Å². The number of halogens is 2. The van der Waals surface area contributed by atoms with E-state index in [-0.39, 0.29) is 30.1 Å². The van der Waals surface area contributed by atoms with Gasteiger partial charge in [-0.2, -0.15) is 0 Å². The predicted molar refractivity (Wildman–Crippen MR) is 116 cm³/mol. The topological polar surface area (TPSA) is 67.8 Å². The summed E-state index contributed by atoms with van der Waals surface area (Å²) in [6.07, 6.45) is 1.67. The smallest absolute Gasteiger partial charge is 0.191 e. The van der Waals surface area contributed by atoms with Gasteiger partial charge in [-0.05, 0) is 30.7 Å². The van der Waals surface area contributed by atoms with Crippen LogP contribution in [-0.2, 0) is 6.54 Å². The molecule has 0 aliphatic rings. The van der Waals surface area contributed by atoms with Crippen molar-refractivity contribution in [1.29, 1.82) is 0 Å². The molecule has 0 spiro atoms. The van der Waals surface area contributed by atoms with E-state index < -0.39 is 0 Å². The molecule has 26 heavy (non-hydrogen) atoms. The lowest BCUT2D eigenvalue weighted by Gasteiger charge is -2.19. The molecule has 142 valence electrons. The lowest BCUT2D eigenvalue weighted by molar-refractivity contribution is 0.213. The molecule has 1 aromatic heterocycles. The molecular weight excluding hydrogens is 467 g/mol. The van der Waals surface area contributed by atoms with Crippen molar-refractivity contribution in [2.75, 3.05) is 20.7 Å². The fourth-order valence-corrected chi connectivity index (χ4v) is 2.24. The number of hydrogen-bond donors (Lipinski definition) is 2. The minimum Gasteiger partial charge on any atom is -0.493 e. The quantitative estimate of drug-likeness (QED) is 0.269. The van der Waals surface area contributed by atoms with Crippen LogP contribution in [-0.4, -0.2) is 37.7 Å². The van der Waals surface area contributed by atoms with Gasteiger partial charge in [-0.25, -0.2) is 4.98 Å². The van der Waals surface area contributed by atoms with Crippen LogP contribution in [0.4, 0.5) is 0 Å². The number of aliphatic imine (C=N–C) groups is 1. The number of guanidine groups is 1. The van der Waals surface area contributed by atoms with Crippen molar-refractivity contribution in [2.24, 2.45) is 4.99 Å². The van der Waals surface area contributed by atoms with Gasteiger partial charge in [-0.3, -0.25) is 4.99 Å². The predicted octanol–water partition coefficient (Wildman–Crippen LogP) is 3.49. The fraction of sp³-hybridized carbons (Fsp3) is 0.333. The zero-order chi connectivity index (χ0) is 18.1. The third kappa shape index (κ3) is 7.25. The Hall–Kier alpha value is -1.74. The Balaban J connectivity index is 0.00000338. The highest BCUT2D eigenvalue weighted by Gasteiger charge is 2.09. The highest BCUT2D eigenvalue weighted by Crippen LogP contribution is 2.26. The van der Waals surface area contributed by atoms with Gasteiger partial charge < -0.3 is 20.1 Å². The first-order chi connectivity index (χ1) is 12.1. The third-order valence-corrected chi connectivity index (χ3v) is 3.65. The number of rotatable bonds is 7. The Labute approximate surface area is 176 Å². The van der Waals surface area contributed by atoms with Crippen molar-refractivity contribution in [3.05, 3.63) is 53.3 Å². The zero-order valence-electron chi connectivity index (χ0n) is 15.0. The number of hydrogen-bond acceptors (Lipinski definition) is 4. The Morgan fingerprint density at radius 1 is 1.19 bits per heavy atom. The van der Waals surface area contributed by atoms with Crippen LogP contribution in [0.15, 0.2) is 47.6 Å². The average Bonchev–Trinajstić information content (AvgIpc) is 2.63. The Morgan fingerprint density at radius 2 is 1.92 bits per heavy atom. The van der Waals surface area contributed by atoms with E-state index in [9.17, 15) is 0 Å². The van der Waals surface area contributed by atoms with E-state index in [0.717, 1.165) is 11.3 Å². The van der Waals surface area contributed by atoms with Gasteiger partial charge in [0.15, 0.2) is 17.5 Å². The third-order valence-electron chi connectivity index (χ3n) is 3.43. The monoisotopic (exact) mass is 490 g/mol. The van der Waals surface area contributed by atoms with Gasteiger partial charge in [0.05, 0.1) is 13.7 Å². The molecule has 1 heterocycles. The van der Waals surface area contributed by atoms with Crippen LogP contribution in [0.25, 0.3) is 0 Å². The maximum Gasteiger partial charge on any atom is 0.191 e. The summed E-state index contributed by atoms with van der Waals surface area (Å²) in [6, 6.07) is 11.3. The van der Waals surface area contributed by atoms with Gasteiger partial charge in [-0.1, -0.05) is 29.8 Å². The van der Waals surface area contributed by atoms with E-state index in [1.54, 1.807) is 26.4 Å². The SMILES string of the molecule is CN=C(NCc1ccc(Cl)nc1)NCC(C)Oc1ccccc1OC.I. The van der Waals surface area contributed by atoms with Gasteiger partial charge in [0, 0.05) is 19.8 Å². The molecule has 2 rings (SSSR count). The summed E-state index contributed by atoms with van der Waals surface area (Å²) in [5.74, 6) is 2.12. The lowest BCUT2D eigenvalue weighted by atomic mass is 10.3. The van der Waals surface area contributed by atoms with Crippen molar-refractivity contribution in [1.82, 2.24) is 15.6 Å². The van der Waals surface area contributed by atoms with Crippen LogP contribution in [0.2, 0.25) is 5.15 Å². The molecule has 0 aliphatic heterocycles. The van der Waals surface area contributed by atoms with E-state index in [0.29, 0.717) is 30.0 Å². The van der Waals surface area contributed by atoms with Gasteiger partial charge in [-0.15, -0.1) is 24.0 Å². The van der Waals surface area contributed by atoms with Crippen LogP contribution >= 0.6 is 35.6 Å². The summed E-state index contributed by atoms with van der Waals surface area (Å²) in [5, 5.41) is 6.94. The summed E-state index contributed by atoms with van der Waals surface area (Å²) in [5.41, 5.74) is 1.02. The zero-order valence-corrected chi connectivity index (χ0v) is 18.1. The molecular formula is C18H24ClIN4O2. The van der Waals surface area contributed by atoms with E-state index in [1.165, 1.54) is 0 Å². The second-order valence-electron chi connectivity index (χ2n) is 5.38. The van der Waals surface area contributed by atoms with E-state index in [1.807, 2.05) is 37.3 Å². The normalized spacial score (nSPS) is 11.9. The Morgan fingerprint density at radius 3 is 2.54 bits per heavy atom. The highest BCUT2D eigenvalue weighted by atomic mass is 127. The molecule has 2 N–H and O–H groups in total. The van der Waals surface area contributed by atoms with Crippen molar-refractivity contribution in [2.45, 2.75) is 19.6 Å². The number of nitrogens with one attached hydrogen (secondary N) is 2. The molecule has 2 aromatic rings. The maximum atomic E-state index is 5.91. The Bertz CT molecular complexity index is 698. The molecule has 1 atom stereocenters. The van der Waals surface area contributed by atoms with Crippen molar-refractivity contribution in [3.8, 4) is 11.5 Å². The van der Waals surface area contributed by atoms with Crippen LogP contribution in [0.3, 0.4) is 0 Å². The molecule has 6 nitrogen and oxygen atoms in total. The van der Waals surface area contributed by atoms with Crippen LogP contribution in [0, 0.1) is 0 Å². The number of nitrogens with zero attached hydrogens (tertiary/aromatic N) is 2. The first kappa shape index (κ1) is 22.3. The molecule has 0 saturated carbocycles. The summed E-state index contributed by atoms with van der Waals surface area (Å²) in [6.45, 7) is 3.18. The number of aromatic nitrogens is 1. The minimum absolute atomic E-state index is 0. The second kappa shape index (κ2) is 11.8. The maximum absolute atomic E-state index is 5.91. The number of para-hydroxylation sites is 2. The summed E-state index contributed by atoms with van der Waals surface area (Å²) in [7, 11) is 3.35. The Kier molecular flexibility index (Phi) is 10.1. The molecule has 0 amide bonds. The van der Waals surface area contributed by atoms with Crippen molar-refractivity contribution < 1.29 is 9.47 Å². The summed E-state index contributed by atoms with van der Waals surface area (Å²) in [4.78, 5) is 8.25. The highest BCUT2D eigenvalue weighted by molar-refractivity contribution is 14.0. The van der Waals surface area contributed by atoms with Gasteiger partial charge >= 0.3 is 0 Å². The van der Waals surface area contributed by atoms with Crippen LogP contribution in [0.5, 0.6) is 11.5 Å². The molecule has 0 radical (unpaired) electrons. The summed E-state index contributed by atoms with van der Waals surface area (Å²) >= 11 is 5.78. The number of pyridine rings is 1. The molecule has 1 unspecified atom stereocenters. The first-order valence-corrected chi connectivity index (χ1v) is 8.34. The number of ether oxygens (including phenoxy) is 2. The molecule has 1 aromatic carbocycles. The largest absolute Gasteiger partial charge is 0.493 e. The number of methoxy groups -OCH3 is 1. The summed E-state index contributed by atoms with van der Waals surface area (Å²) < 4.78 is 11.2. The van der Waals surface area contributed by atoms with Crippen molar-refractivity contribution in [3.63, 3.8) is 0 Å². The molecule has 0 aliphatic carbocycles. The van der Waals surface area contributed by atoms with E-state index >= 15 is 0 Å². The van der Waals surface area contributed by atoms with Crippen LogP contribution in [0.1, 0.15) is 12.5 Å². The minimum atomic E-state index is -0.0629. The lowest BCUT2D eigenvalue weighted by Crippen LogP contribution is -2.41. The van der Waals surface area contributed by atoms with Crippen molar-refractivity contribution >= 4 is 41.5 Å². The van der Waals surface area contributed by atoms with Crippen LogP contribution < -0.4 is 20.1 Å². The van der Waals surface area contributed by atoms with E-state index in [4.69, 9.17) is 21.1 Å². The van der Waals surface area contributed by atoms with Gasteiger partial charge in [0.2, 0.25) is 0 Å². The fourth-order valence-electron chi connectivity index (χ4n) is 2.13. The molecule has 0 fully saturated rings. The van der Waals surface area contributed by atoms with E-state index in [2.05, 4.69) is 20.6 Å².